The number of thiophene rings is 1. The molecule has 84 valence electrons. The van der Waals surface area contributed by atoms with E-state index < -0.39 is 6.10 Å². The molecule has 0 aliphatic heterocycles. The van der Waals surface area contributed by atoms with Crippen LogP contribution in [0.4, 0.5) is 5.69 Å². The van der Waals surface area contributed by atoms with Crippen molar-refractivity contribution in [1.82, 2.24) is 0 Å². The fraction of sp³-hybridized carbons (Fsp3) is 0.167. The molecule has 2 aromatic rings. The van der Waals surface area contributed by atoms with Crippen molar-refractivity contribution in [2.45, 2.75) is 10.3 Å². The van der Waals surface area contributed by atoms with Crippen LogP contribution in [0.3, 0.4) is 0 Å². The van der Waals surface area contributed by atoms with Crippen LogP contribution >= 0.6 is 23.1 Å². The van der Waals surface area contributed by atoms with Gasteiger partial charge in [0.15, 0.2) is 0 Å². The number of hydrogen-bond donors (Lipinski definition) is 2. The number of thioether (sulfide) groups is 1. The summed E-state index contributed by atoms with van der Waals surface area (Å²) in [6.45, 7) is 0. The standard InChI is InChI=1S/C12H13NOS2/c13-10-5-2-1-4-9(10)11(14)8-16-12-6-3-7-15-12/h1-7,11,14H,8,13H2. The maximum absolute atomic E-state index is 10.0. The first-order valence-corrected chi connectivity index (χ1v) is 6.82. The Kier molecular flexibility index (Phi) is 3.88. The number of aliphatic hydroxyl groups is 1. The zero-order chi connectivity index (χ0) is 11.4. The number of benzene rings is 1. The minimum absolute atomic E-state index is 0.506. The van der Waals surface area contributed by atoms with Crippen molar-refractivity contribution in [3.8, 4) is 0 Å². The molecule has 1 aromatic carbocycles. The van der Waals surface area contributed by atoms with Crippen LogP contribution in [0.2, 0.25) is 0 Å². The van der Waals surface area contributed by atoms with Crippen molar-refractivity contribution in [3.05, 3.63) is 47.3 Å². The van der Waals surface area contributed by atoms with Gasteiger partial charge in [0.25, 0.3) is 0 Å². The van der Waals surface area contributed by atoms with E-state index in [0.29, 0.717) is 11.4 Å². The highest BCUT2D eigenvalue weighted by atomic mass is 32.2. The van der Waals surface area contributed by atoms with Gasteiger partial charge < -0.3 is 10.8 Å². The molecule has 2 rings (SSSR count). The minimum Gasteiger partial charge on any atom is -0.398 e. The molecular formula is C12H13NOS2. The SMILES string of the molecule is Nc1ccccc1C(O)CSc1cccs1. The molecule has 3 N–H and O–H groups in total. The maximum atomic E-state index is 10.0. The third kappa shape index (κ3) is 2.78. The van der Waals surface area contributed by atoms with E-state index in [1.165, 1.54) is 4.21 Å². The van der Waals surface area contributed by atoms with Crippen molar-refractivity contribution in [1.29, 1.82) is 0 Å². The Balaban J connectivity index is 1.98. The van der Waals surface area contributed by atoms with Crippen LogP contribution in [-0.4, -0.2) is 10.9 Å². The van der Waals surface area contributed by atoms with Crippen LogP contribution in [0, 0.1) is 0 Å². The van der Waals surface area contributed by atoms with E-state index in [2.05, 4.69) is 6.07 Å². The van der Waals surface area contributed by atoms with Crippen LogP contribution in [0.5, 0.6) is 0 Å². The quantitative estimate of drug-likeness (QED) is 0.648. The topological polar surface area (TPSA) is 46.2 Å². The summed E-state index contributed by atoms with van der Waals surface area (Å²) in [6, 6.07) is 11.5. The molecule has 0 amide bonds. The Hall–Kier alpha value is -0.970. The summed E-state index contributed by atoms with van der Waals surface area (Å²) in [6.07, 6.45) is -0.506. The van der Waals surface area contributed by atoms with E-state index in [1.54, 1.807) is 23.1 Å². The lowest BCUT2D eigenvalue weighted by molar-refractivity contribution is 0.205. The maximum Gasteiger partial charge on any atom is 0.0904 e. The lowest BCUT2D eigenvalue weighted by atomic mass is 10.1. The second kappa shape index (κ2) is 5.39. The first-order valence-electron chi connectivity index (χ1n) is 4.96. The van der Waals surface area contributed by atoms with Gasteiger partial charge in [0.2, 0.25) is 0 Å². The highest BCUT2D eigenvalue weighted by Gasteiger charge is 2.10. The van der Waals surface area contributed by atoms with Gasteiger partial charge in [-0.3, -0.25) is 0 Å². The normalized spacial score (nSPS) is 12.6. The smallest absolute Gasteiger partial charge is 0.0904 e. The summed E-state index contributed by atoms with van der Waals surface area (Å²) in [5, 5.41) is 12.0. The van der Waals surface area contributed by atoms with Crippen LogP contribution in [0.15, 0.2) is 46.0 Å². The molecule has 2 nitrogen and oxygen atoms in total. The van der Waals surface area contributed by atoms with Gasteiger partial charge in [0.1, 0.15) is 0 Å². The van der Waals surface area contributed by atoms with Gasteiger partial charge in [-0.2, -0.15) is 0 Å². The van der Waals surface area contributed by atoms with Gasteiger partial charge >= 0.3 is 0 Å². The van der Waals surface area contributed by atoms with Gasteiger partial charge in [-0.15, -0.1) is 23.1 Å². The van der Waals surface area contributed by atoms with Gasteiger partial charge in [-0.25, -0.2) is 0 Å². The number of nitrogens with two attached hydrogens (primary N) is 1. The molecule has 0 radical (unpaired) electrons. The molecule has 1 heterocycles. The molecule has 16 heavy (non-hydrogen) atoms. The van der Waals surface area contributed by atoms with Crippen molar-refractivity contribution >= 4 is 28.8 Å². The molecule has 0 saturated heterocycles. The van der Waals surface area contributed by atoms with E-state index in [1.807, 2.05) is 35.7 Å². The van der Waals surface area contributed by atoms with E-state index in [-0.39, 0.29) is 0 Å². The third-order valence-corrected chi connectivity index (χ3v) is 4.44. The van der Waals surface area contributed by atoms with Crippen LogP contribution in [0.1, 0.15) is 11.7 Å². The van der Waals surface area contributed by atoms with Crippen LogP contribution in [-0.2, 0) is 0 Å². The number of nitrogen functional groups attached to an aromatic ring is 1. The Morgan fingerprint density at radius 3 is 2.75 bits per heavy atom. The predicted octanol–water partition coefficient (Wildman–Crippen LogP) is 3.16. The molecule has 1 atom stereocenters. The van der Waals surface area contributed by atoms with Crippen molar-refractivity contribution in [2.24, 2.45) is 0 Å². The molecule has 0 spiro atoms. The van der Waals surface area contributed by atoms with Crippen molar-refractivity contribution < 1.29 is 5.11 Å². The monoisotopic (exact) mass is 251 g/mol. The fourth-order valence-electron chi connectivity index (χ4n) is 1.41. The van der Waals surface area contributed by atoms with Crippen LogP contribution < -0.4 is 5.73 Å². The highest BCUT2D eigenvalue weighted by molar-refractivity contribution is 8.01. The molecule has 0 saturated carbocycles. The second-order valence-corrected chi connectivity index (χ2v) is 5.66. The highest BCUT2D eigenvalue weighted by Crippen LogP contribution is 2.29. The number of para-hydroxylation sites is 1. The first-order chi connectivity index (χ1) is 7.77. The molecule has 4 heteroatoms. The predicted molar refractivity (Wildman–Crippen MR) is 70.9 cm³/mol. The lowest BCUT2D eigenvalue weighted by Crippen LogP contribution is -2.04. The minimum atomic E-state index is -0.506. The zero-order valence-corrected chi connectivity index (χ0v) is 10.3. The lowest BCUT2D eigenvalue weighted by Gasteiger charge is -2.12. The van der Waals surface area contributed by atoms with E-state index in [9.17, 15) is 5.11 Å². The fourth-order valence-corrected chi connectivity index (χ4v) is 3.18. The molecule has 0 aliphatic rings. The third-order valence-electron chi connectivity index (χ3n) is 2.23. The Morgan fingerprint density at radius 1 is 1.25 bits per heavy atom. The van der Waals surface area contributed by atoms with E-state index in [0.717, 1.165) is 5.56 Å². The first kappa shape index (κ1) is 11.5. The second-order valence-electron chi connectivity index (χ2n) is 3.39. The van der Waals surface area contributed by atoms with Gasteiger partial charge in [0.05, 0.1) is 10.3 Å². The number of anilines is 1. The molecule has 1 unspecified atom stereocenters. The van der Waals surface area contributed by atoms with E-state index in [4.69, 9.17) is 5.73 Å². The molecule has 0 bridgehead atoms. The van der Waals surface area contributed by atoms with Gasteiger partial charge in [0, 0.05) is 17.0 Å². The summed E-state index contributed by atoms with van der Waals surface area (Å²) in [5.74, 6) is 0.634. The summed E-state index contributed by atoms with van der Waals surface area (Å²) in [7, 11) is 0. The summed E-state index contributed by atoms with van der Waals surface area (Å²) in [5.41, 5.74) is 7.27. The van der Waals surface area contributed by atoms with Gasteiger partial charge in [-0.1, -0.05) is 24.3 Å². The number of hydrogen-bond acceptors (Lipinski definition) is 4. The average molecular weight is 251 g/mol. The number of rotatable bonds is 4. The summed E-state index contributed by atoms with van der Waals surface area (Å²) < 4.78 is 1.22. The van der Waals surface area contributed by atoms with Crippen molar-refractivity contribution in [2.75, 3.05) is 11.5 Å². The van der Waals surface area contributed by atoms with Crippen molar-refractivity contribution in [3.63, 3.8) is 0 Å². The molecule has 0 aliphatic carbocycles. The largest absolute Gasteiger partial charge is 0.398 e. The molecule has 0 fully saturated rings. The molecule has 1 aromatic heterocycles. The Labute approximate surface area is 103 Å². The zero-order valence-electron chi connectivity index (χ0n) is 8.67. The average Bonchev–Trinajstić information content (AvgIpc) is 2.79. The van der Waals surface area contributed by atoms with E-state index >= 15 is 0 Å². The van der Waals surface area contributed by atoms with Gasteiger partial charge in [-0.05, 0) is 17.5 Å². The Morgan fingerprint density at radius 2 is 2.06 bits per heavy atom. The molecular weight excluding hydrogens is 238 g/mol. The Bertz CT molecular complexity index is 442. The number of aliphatic hydroxyl groups excluding tert-OH is 1. The summed E-state index contributed by atoms with van der Waals surface area (Å²) >= 11 is 3.34. The summed E-state index contributed by atoms with van der Waals surface area (Å²) in [4.78, 5) is 0. The van der Waals surface area contributed by atoms with Crippen LogP contribution in [0.25, 0.3) is 0 Å².